The van der Waals surface area contributed by atoms with Gasteiger partial charge in [-0.1, -0.05) is 13.8 Å². The maximum absolute atomic E-state index is 11.4. The van der Waals surface area contributed by atoms with Gasteiger partial charge in [-0.15, -0.1) is 11.3 Å². The molecule has 1 aromatic rings. The molecule has 5 heteroatoms. The van der Waals surface area contributed by atoms with Crippen LogP contribution in [0.2, 0.25) is 0 Å². The van der Waals surface area contributed by atoms with E-state index in [1.165, 1.54) is 4.88 Å². The minimum Gasteiger partial charge on any atom is -0.348 e. The van der Waals surface area contributed by atoms with Crippen molar-refractivity contribution in [3.8, 4) is 0 Å². The third kappa shape index (κ3) is 3.60. The number of hydrogen-bond acceptors (Lipinski definition) is 4. The number of nitrogens with two attached hydrogens (primary N) is 1. The highest BCUT2D eigenvalue weighted by Crippen LogP contribution is 2.12. The average Bonchev–Trinajstić information content (AvgIpc) is 2.72. The molecule has 4 nitrogen and oxygen atoms in total. The van der Waals surface area contributed by atoms with Crippen LogP contribution in [-0.2, 0) is 17.8 Å². The van der Waals surface area contributed by atoms with E-state index < -0.39 is 6.04 Å². The molecule has 0 aliphatic heterocycles. The highest BCUT2D eigenvalue weighted by molar-refractivity contribution is 7.11. The van der Waals surface area contributed by atoms with Gasteiger partial charge in [-0.2, -0.15) is 0 Å². The van der Waals surface area contributed by atoms with Crippen LogP contribution in [0.4, 0.5) is 0 Å². The Balaban J connectivity index is 2.40. The molecule has 0 bridgehead atoms. The quantitative estimate of drug-likeness (QED) is 0.790. The second-order valence-corrected chi connectivity index (χ2v) is 4.51. The summed E-state index contributed by atoms with van der Waals surface area (Å²) in [7, 11) is 0. The molecule has 1 heterocycles. The molecule has 1 amide bonds. The van der Waals surface area contributed by atoms with Crippen LogP contribution in [0.1, 0.15) is 30.2 Å². The van der Waals surface area contributed by atoms with E-state index in [-0.39, 0.29) is 5.91 Å². The zero-order valence-electron chi connectivity index (χ0n) is 9.12. The highest BCUT2D eigenvalue weighted by atomic mass is 32.1. The molecule has 0 saturated heterocycles. The molecule has 0 saturated carbocycles. The van der Waals surface area contributed by atoms with Crippen molar-refractivity contribution in [1.29, 1.82) is 0 Å². The summed E-state index contributed by atoms with van der Waals surface area (Å²) in [5.74, 6) is -0.106. The van der Waals surface area contributed by atoms with Gasteiger partial charge in [0.05, 0.1) is 12.6 Å². The number of aryl methyl sites for hydroxylation is 1. The number of nitrogens with zero attached hydrogens (tertiary/aromatic N) is 1. The Morgan fingerprint density at radius 3 is 2.93 bits per heavy atom. The monoisotopic (exact) mass is 227 g/mol. The molecule has 1 aromatic heterocycles. The van der Waals surface area contributed by atoms with Crippen molar-refractivity contribution < 1.29 is 4.79 Å². The zero-order valence-corrected chi connectivity index (χ0v) is 9.93. The van der Waals surface area contributed by atoms with Crippen LogP contribution < -0.4 is 11.1 Å². The highest BCUT2D eigenvalue weighted by Gasteiger charge is 2.10. The van der Waals surface area contributed by atoms with Crippen LogP contribution >= 0.6 is 11.3 Å². The van der Waals surface area contributed by atoms with E-state index in [1.54, 1.807) is 11.3 Å². The summed E-state index contributed by atoms with van der Waals surface area (Å²) in [4.78, 5) is 16.8. The lowest BCUT2D eigenvalue weighted by Crippen LogP contribution is -2.39. The number of rotatable bonds is 5. The Bertz CT molecular complexity index is 324. The standard InChI is InChI=1S/C10H17N3OS/c1-3-7-5-12-9(15-7)6-13-10(14)8(11)4-2/h5,8H,3-4,6,11H2,1-2H3,(H,13,14). The first-order valence-electron chi connectivity index (χ1n) is 5.14. The molecule has 84 valence electrons. The Labute approximate surface area is 93.9 Å². The number of thiazole rings is 1. The van der Waals surface area contributed by atoms with E-state index in [0.717, 1.165) is 11.4 Å². The van der Waals surface area contributed by atoms with Crippen molar-refractivity contribution in [2.45, 2.75) is 39.3 Å². The molecule has 0 spiro atoms. The van der Waals surface area contributed by atoms with Crippen LogP contribution in [0, 0.1) is 0 Å². The lowest BCUT2D eigenvalue weighted by molar-refractivity contribution is -0.122. The first-order chi connectivity index (χ1) is 7.17. The Kier molecular flexibility index (Phi) is 4.71. The SMILES string of the molecule is CCc1cnc(CNC(=O)C(N)CC)s1. The van der Waals surface area contributed by atoms with Crippen LogP contribution in [0.25, 0.3) is 0 Å². The normalized spacial score (nSPS) is 12.5. The number of amides is 1. The van der Waals surface area contributed by atoms with Crippen molar-refractivity contribution in [3.63, 3.8) is 0 Å². The third-order valence-electron chi connectivity index (χ3n) is 2.14. The van der Waals surface area contributed by atoms with Crippen LogP contribution in [0.15, 0.2) is 6.20 Å². The second-order valence-electron chi connectivity index (χ2n) is 3.31. The van der Waals surface area contributed by atoms with Gasteiger partial charge in [0.1, 0.15) is 5.01 Å². The fourth-order valence-electron chi connectivity index (χ4n) is 1.07. The predicted molar refractivity (Wildman–Crippen MR) is 61.6 cm³/mol. The number of aromatic nitrogens is 1. The topological polar surface area (TPSA) is 68.0 Å². The smallest absolute Gasteiger partial charge is 0.237 e. The summed E-state index contributed by atoms with van der Waals surface area (Å²) in [5.41, 5.74) is 5.58. The molecule has 1 unspecified atom stereocenters. The average molecular weight is 227 g/mol. The summed E-state index contributed by atoms with van der Waals surface area (Å²) in [6, 6.07) is -0.407. The van der Waals surface area contributed by atoms with E-state index in [0.29, 0.717) is 13.0 Å². The van der Waals surface area contributed by atoms with Gasteiger partial charge < -0.3 is 11.1 Å². The molecule has 0 radical (unpaired) electrons. The zero-order chi connectivity index (χ0) is 11.3. The summed E-state index contributed by atoms with van der Waals surface area (Å²) >= 11 is 1.63. The van der Waals surface area contributed by atoms with Gasteiger partial charge in [0.15, 0.2) is 0 Å². The van der Waals surface area contributed by atoms with E-state index in [4.69, 9.17) is 5.73 Å². The maximum atomic E-state index is 11.4. The van der Waals surface area contributed by atoms with Gasteiger partial charge in [0.25, 0.3) is 0 Å². The van der Waals surface area contributed by atoms with Crippen LogP contribution in [0.3, 0.4) is 0 Å². The Hall–Kier alpha value is -0.940. The lowest BCUT2D eigenvalue weighted by Gasteiger charge is -2.08. The van der Waals surface area contributed by atoms with Crippen LogP contribution in [-0.4, -0.2) is 16.9 Å². The number of hydrogen-bond donors (Lipinski definition) is 2. The lowest BCUT2D eigenvalue weighted by atomic mass is 10.2. The minimum absolute atomic E-state index is 0.106. The van der Waals surface area contributed by atoms with E-state index in [9.17, 15) is 4.79 Å². The second kappa shape index (κ2) is 5.82. The van der Waals surface area contributed by atoms with E-state index >= 15 is 0 Å². The van der Waals surface area contributed by atoms with Gasteiger partial charge in [-0.05, 0) is 12.8 Å². The van der Waals surface area contributed by atoms with Crippen LogP contribution in [0.5, 0.6) is 0 Å². The molecular formula is C10H17N3OS. The predicted octanol–water partition coefficient (Wildman–Crippen LogP) is 1.06. The Morgan fingerprint density at radius 2 is 2.40 bits per heavy atom. The van der Waals surface area contributed by atoms with Crippen molar-refractivity contribution in [1.82, 2.24) is 10.3 Å². The van der Waals surface area contributed by atoms with Crippen molar-refractivity contribution in [2.75, 3.05) is 0 Å². The minimum atomic E-state index is -0.407. The molecular weight excluding hydrogens is 210 g/mol. The molecule has 3 N–H and O–H groups in total. The first-order valence-corrected chi connectivity index (χ1v) is 5.95. The van der Waals surface area contributed by atoms with Crippen molar-refractivity contribution in [2.24, 2.45) is 5.73 Å². The summed E-state index contributed by atoms with van der Waals surface area (Å²) in [6.07, 6.45) is 3.50. The first kappa shape index (κ1) is 12.1. The van der Waals surface area contributed by atoms with Crippen molar-refractivity contribution in [3.05, 3.63) is 16.1 Å². The van der Waals surface area contributed by atoms with Gasteiger partial charge >= 0.3 is 0 Å². The summed E-state index contributed by atoms with van der Waals surface area (Å²) in [5, 5.41) is 3.70. The molecule has 0 aliphatic carbocycles. The number of carbonyl (C=O) groups excluding carboxylic acids is 1. The van der Waals surface area contributed by atoms with Gasteiger partial charge in [-0.25, -0.2) is 4.98 Å². The molecule has 0 aromatic carbocycles. The van der Waals surface area contributed by atoms with Gasteiger partial charge in [-0.3, -0.25) is 4.79 Å². The van der Waals surface area contributed by atoms with E-state index in [1.807, 2.05) is 13.1 Å². The number of nitrogens with one attached hydrogen (secondary N) is 1. The number of carbonyl (C=O) groups is 1. The fraction of sp³-hybridized carbons (Fsp3) is 0.600. The molecule has 1 atom stereocenters. The maximum Gasteiger partial charge on any atom is 0.237 e. The van der Waals surface area contributed by atoms with Gasteiger partial charge in [0, 0.05) is 11.1 Å². The molecule has 0 fully saturated rings. The van der Waals surface area contributed by atoms with E-state index in [2.05, 4.69) is 17.2 Å². The van der Waals surface area contributed by atoms with Crippen molar-refractivity contribution >= 4 is 17.2 Å². The third-order valence-corrected chi connectivity index (χ3v) is 3.28. The fourth-order valence-corrected chi connectivity index (χ4v) is 1.87. The molecule has 0 aliphatic rings. The molecule has 1 rings (SSSR count). The summed E-state index contributed by atoms with van der Waals surface area (Å²) < 4.78 is 0. The molecule has 15 heavy (non-hydrogen) atoms. The summed E-state index contributed by atoms with van der Waals surface area (Å²) in [6.45, 7) is 4.46. The largest absolute Gasteiger partial charge is 0.348 e. The van der Waals surface area contributed by atoms with Gasteiger partial charge in [0.2, 0.25) is 5.91 Å². The Morgan fingerprint density at radius 1 is 1.67 bits per heavy atom.